The van der Waals surface area contributed by atoms with Gasteiger partial charge in [0.2, 0.25) is 0 Å². The van der Waals surface area contributed by atoms with Crippen LogP contribution in [0.5, 0.6) is 0 Å². The molecule has 0 heterocycles. The van der Waals surface area contributed by atoms with Gasteiger partial charge in [-0.3, -0.25) is 5.48 Å². The molecule has 0 spiro atoms. The Morgan fingerprint density at radius 2 is 1.89 bits per heavy atom. The molecule has 1 aliphatic carbocycles. The Labute approximate surface area is 56.4 Å². The molecule has 1 aliphatic rings. The van der Waals surface area contributed by atoms with Crippen molar-refractivity contribution in [2.75, 3.05) is 0 Å². The van der Waals surface area contributed by atoms with Crippen LogP contribution in [-0.4, -0.2) is 5.48 Å². The summed E-state index contributed by atoms with van der Waals surface area (Å²) in [7, 11) is 0. The molecule has 1 N–H and O–H groups in total. The van der Waals surface area contributed by atoms with E-state index in [1.807, 2.05) is 0 Å². The maximum Gasteiger partial charge on any atom is -0.00969 e. The first-order chi connectivity index (χ1) is 3.80. The van der Waals surface area contributed by atoms with E-state index in [4.69, 9.17) is 0 Å². The van der Waals surface area contributed by atoms with E-state index in [9.17, 15) is 0 Å². The lowest BCUT2D eigenvalue weighted by Gasteiger charge is -2.05. The van der Waals surface area contributed by atoms with Crippen LogP contribution in [-0.2, 0) is 0 Å². The molecule has 0 atom stereocenters. The van der Waals surface area contributed by atoms with Crippen LogP contribution in [0, 0.1) is 6.42 Å². The van der Waals surface area contributed by atoms with Gasteiger partial charge in [-0.25, -0.2) is 0 Å². The average Bonchev–Trinajstić information content (AvgIpc) is 1.77. The molecular weight excluding hydrogens is 112 g/mol. The quantitative estimate of drug-likeness (QED) is 0.513. The SMILES string of the molecule is CC1=C(C)C=CC[CH]1.[OH]. The van der Waals surface area contributed by atoms with Crippen molar-refractivity contribution in [2.24, 2.45) is 0 Å². The minimum Gasteiger partial charge on any atom is -0.255 e. The fraction of sp³-hybridized carbons (Fsp3) is 0.375. The van der Waals surface area contributed by atoms with Crippen molar-refractivity contribution in [2.45, 2.75) is 20.3 Å². The smallest absolute Gasteiger partial charge is 0.00969 e. The van der Waals surface area contributed by atoms with Gasteiger partial charge < -0.3 is 0 Å². The van der Waals surface area contributed by atoms with Gasteiger partial charge in [-0.2, -0.15) is 0 Å². The molecule has 1 nitrogen and oxygen atoms in total. The lowest BCUT2D eigenvalue weighted by Crippen LogP contribution is -1.86. The van der Waals surface area contributed by atoms with Crippen LogP contribution in [0.15, 0.2) is 23.3 Å². The zero-order valence-corrected chi connectivity index (χ0v) is 5.89. The zero-order valence-electron chi connectivity index (χ0n) is 5.89. The number of hydrogen-bond donors (Lipinski definition) is 1. The van der Waals surface area contributed by atoms with Gasteiger partial charge >= 0.3 is 0 Å². The van der Waals surface area contributed by atoms with E-state index < -0.39 is 0 Å². The molecule has 0 fully saturated rings. The molecule has 0 aromatic carbocycles. The minimum absolute atomic E-state index is 0. The molecule has 0 unspecified atom stereocenters. The second-order valence-corrected chi connectivity index (χ2v) is 2.21. The second-order valence-electron chi connectivity index (χ2n) is 2.21. The van der Waals surface area contributed by atoms with Crippen LogP contribution in [0.25, 0.3) is 0 Å². The van der Waals surface area contributed by atoms with E-state index in [-0.39, 0.29) is 5.48 Å². The van der Waals surface area contributed by atoms with Crippen molar-refractivity contribution in [3.63, 3.8) is 0 Å². The molecule has 0 aliphatic heterocycles. The van der Waals surface area contributed by atoms with Crippen molar-refractivity contribution in [1.29, 1.82) is 0 Å². The summed E-state index contributed by atoms with van der Waals surface area (Å²) in [5.41, 5.74) is 2.82. The Balaban J connectivity index is 0.000000640. The predicted molar refractivity (Wildman–Crippen MR) is 38.4 cm³/mol. The monoisotopic (exact) mass is 124 g/mol. The summed E-state index contributed by atoms with van der Waals surface area (Å²) in [5, 5.41) is 0. The summed E-state index contributed by atoms with van der Waals surface area (Å²) in [4.78, 5) is 0. The van der Waals surface area contributed by atoms with E-state index in [0.29, 0.717) is 0 Å². The van der Waals surface area contributed by atoms with Gasteiger partial charge in [0.25, 0.3) is 0 Å². The van der Waals surface area contributed by atoms with Crippen LogP contribution in [0.4, 0.5) is 0 Å². The molecule has 1 heteroatoms. The highest BCUT2D eigenvalue weighted by molar-refractivity contribution is 5.32. The molecule has 50 valence electrons. The van der Waals surface area contributed by atoms with Crippen molar-refractivity contribution >= 4 is 0 Å². The average molecular weight is 124 g/mol. The third kappa shape index (κ3) is 2.02. The van der Waals surface area contributed by atoms with Gasteiger partial charge in [0.05, 0.1) is 0 Å². The summed E-state index contributed by atoms with van der Waals surface area (Å²) in [5.74, 6) is 0. The predicted octanol–water partition coefficient (Wildman–Crippen LogP) is 2.31. The third-order valence-corrected chi connectivity index (χ3v) is 1.55. The van der Waals surface area contributed by atoms with Crippen LogP contribution in [0.2, 0.25) is 0 Å². The highest BCUT2D eigenvalue weighted by Crippen LogP contribution is 2.15. The number of allylic oxidation sites excluding steroid dienone is 4. The minimum atomic E-state index is 0. The summed E-state index contributed by atoms with van der Waals surface area (Å²) < 4.78 is 0. The Kier molecular flexibility index (Phi) is 3.25. The Morgan fingerprint density at radius 1 is 1.22 bits per heavy atom. The first kappa shape index (κ1) is 8.44. The maximum atomic E-state index is 2.25. The second kappa shape index (κ2) is 3.46. The van der Waals surface area contributed by atoms with Gasteiger partial charge in [0.15, 0.2) is 0 Å². The summed E-state index contributed by atoms with van der Waals surface area (Å²) in [6.45, 7) is 4.29. The van der Waals surface area contributed by atoms with E-state index in [0.717, 1.165) is 6.42 Å². The molecule has 0 amide bonds. The lowest BCUT2D eigenvalue weighted by atomic mass is 10.0. The molecule has 0 saturated carbocycles. The van der Waals surface area contributed by atoms with Gasteiger partial charge in [-0.05, 0) is 26.7 Å². The van der Waals surface area contributed by atoms with Crippen LogP contribution < -0.4 is 0 Å². The van der Waals surface area contributed by atoms with Gasteiger partial charge in [0.1, 0.15) is 0 Å². The lowest BCUT2D eigenvalue weighted by molar-refractivity contribution is 0.824. The molecule has 0 aromatic heterocycles. The summed E-state index contributed by atoms with van der Waals surface area (Å²) in [6, 6.07) is 0. The summed E-state index contributed by atoms with van der Waals surface area (Å²) >= 11 is 0. The first-order valence-electron chi connectivity index (χ1n) is 2.98. The van der Waals surface area contributed by atoms with Crippen molar-refractivity contribution in [1.82, 2.24) is 0 Å². The van der Waals surface area contributed by atoms with E-state index in [1.54, 1.807) is 0 Å². The van der Waals surface area contributed by atoms with Gasteiger partial charge in [-0.1, -0.05) is 23.3 Å². The van der Waals surface area contributed by atoms with E-state index >= 15 is 0 Å². The van der Waals surface area contributed by atoms with E-state index in [1.165, 1.54) is 11.1 Å². The highest BCUT2D eigenvalue weighted by atomic mass is 16.0. The molecule has 9 heavy (non-hydrogen) atoms. The standard InChI is InChI=1S/C8H11.HO/c1-7-5-3-4-6-8(7)2;/h3,5-6H,4H2,1-2H3;1H. The summed E-state index contributed by atoms with van der Waals surface area (Å²) in [6.07, 6.45) is 7.72. The topological polar surface area (TPSA) is 30.0 Å². The largest absolute Gasteiger partial charge is 0.255 e. The van der Waals surface area contributed by atoms with Gasteiger partial charge in [-0.15, -0.1) is 0 Å². The third-order valence-electron chi connectivity index (χ3n) is 1.55. The van der Waals surface area contributed by atoms with Crippen molar-refractivity contribution in [3.05, 3.63) is 29.7 Å². The molecule has 0 aromatic rings. The fourth-order valence-electron chi connectivity index (χ4n) is 0.782. The van der Waals surface area contributed by atoms with Crippen LogP contribution in [0.1, 0.15) is 20.3 Å². The fourth-order valence-corrected chi connectivity index (χ4v) is 0.782. The zero-order chi connectivity index (χ0) is 5.98. The van der Waals surface area contributed by atoms with Gasteiger partial charge in [0, 0.05) is 0 Å². The molecule has 0 saturated heterocycles. The van der Waals surface area contributed by atoms with E-state index in [2.05, 4.69) is 32.4 Å². The molecule has 1 rings (SSSR count). The number of hydrogen-bond acceptors (Lipinski definition) is 0. The van der Waals surface area contributed by atoms with Crippen molar-refractivity contribution < 1.29 is 5.48 Å². The Morgan fingerprint density at radius 3 is 2.22 bits per heavy atom. The normalized spacial score (nSPS) is 17.6. The highest BCUT2D eigenvalue weighted by Gasteiger charge is 1.96. The van der Waals surface area contributed by atoms with Crippen molar-refractivity contribution in [3.8, 4) is 0 Å². The van der Waals surface area contributed by atoms with Crippen LogP contribution in [0.3, 0.4) is 0 Å². The first-order valence-corrected chi connectivity index (χ1v) is 2.98. The van der Waals surface area contributed by atoms with Crippen LogP contribution >= 0.6 is 0 Å². The Bertz CT molecular complexity index is 143. The molecular formula is C8H12O. The maximum absolute atomic E-state index is 2.25. The molecule has 2 radical (unpaired) electrons. The molecule has 0 bridgehead atoms. The Hall–Kier alpha value is -0.560. The number of rotatable bonds is 0.